The molecule has 0 amide bonds. The van der Waals surface area contributed by atoms with E-state index in [1.54, 1.807) is 18.2 Å². The molecule has 21 heavy (non-hydrogen) atoms. The van der Waals surface area contributed by atoms with Crippen LogP contribution in [0.4, 0.5) is 5.69 Å². The normalized spacial score (nSPS) is 17.8. The van der Waals surface area contributed by atoms with Gasteiger partial charge in [0.2, 0.25) is 0 Å². The Morgan fingerprint density at radius 2 is 2.14 bits per heavy atom. The van der Waals surface area contributed by atoms with Gasteiger partial charge in [-0.3, -0.25) is 0 Å². The summed E-state index contributed by atoms with van der Waals surface area (Å²) in [7, 11) is 0. The average Bonchev–Trinajstić information content (AvgIpc) is 2.99. The number of benzene rings is 1. The minimum Gasteiger partial charge on any atom is -0.398 e. The van der Waals surface area contributed by atoms with E-state index in [-0.39, 0.29) is 6.04 Å². The van der Waals surface area contributed by atoms with Crippen LogP contribution in [-0.2, 0) is 4.74 Å². The van der Waals surface area contributed by atoms with Gasteiger partial charge in [-0.2, -0.15) is 0 Å². The number of anilines is 1. The zero-order valence-electron chi connectivity index (χ0n) is 11.9. The van der Waals surface area contributed by atoms with Gasteiger partial charge in [-0.25, -0.2) is 4.68 Å². The number of hydrogen-bond acceptors (Lipinski definition) is 5. The summed E-state index contributed by atoms with van der Waals surface area (Å²) in [4.78, 5) is 0. The lowest BCUT2D eigenvalue weighted by Crippen LogP contribution is -2.25. The molecule has 7 heteroatoms. The van der Waals surface area contributed by atoms with Crippen molar-refractivity contribution in [1.29, 1.82) is 0 Å². The van der Waals surface area contributed by atoms with Gasteiger partial charge in [0.25, 0.3) is 0 Å². The number of tetrazole rings is 1. The molecule has 0 aliphatic carbocycles. The van der Waals surface area contributed by atoms with Crippen LogP contribution in [0.1, 0.15) is 25.8 Å². The number of aromatic nitrogens is 4. The highest BCUT2D eigenvalue weighted by atomic mass is 35.5. The Bertz CT molecular complexity index is 624. The number of hydrogen-bond donors (Lipinski definition) is 1. The van der Waals surface area contributed by atoms with Crippen molar-refractivity contribution in [2.24, 2.45) is 5.92 Å². The maximum Gasteiger partial charge on any atom is 0.184 e. The summed E-state index contributed by atoms with van der Waals surface area (Å²) in [5.74, 6) is 1.16. The molecule has 0 spiro atoms. The molecule has 1 saturated heterocycles. The number of nitrogen functional groups attached to an aromatic ring is 1. The topological polar surface area (TPSA) is 78.8 Å². The van der Waals surface area contributed by atoms with Gasteiger partial charge in [-0.05, 0) is 54.3 Å². The third-order valence-electron chi connectivity index (χ3n) is 4.08. The molecule has 0 saturated carbocycles. The Morgan fingerprint density at radius 1 is 1.38 bits per heavy atom. The van der Waals surface area contributed by atoms with Gasteiger partial charge in [0, 0.05) is 29.5 Å². The van der Waals surface area contributed by atoms with E-state index in [1.165, 1.54) is 0 Å². The Morgan fingerprint density at radius 3 is 2.90 bits per heavy atom. The second kappa shape index (κ2) is 5.99. The third kappa shape index (κ3) is 2.87. The first-order valence-electron chi connectivity index (χ1n) is 7.08. The van der Waals surface area contributed by atoms with Crippen LogP contribution >= 0.6 is 11.6 Å². The molecule has 0 bridgehead atoms. The van der Waals surface area contributed by atoms with E-state index >= 15 is 0 Å². The van der Waals surface area contributed by atoms with Gasteiger partial charge in [0.1, 0.15) is 0 Å². The molecule has 2 N–H and O–H groups in total. The summed E-state index contributed by atoms with van der Waals surface area (Å²) < 4.78 is 7.26. The molecule has 1 aromatic heterocycles. The standard InChI is InChI=1S/C14H18ClN5O/c1-9(10-4-6-21-7-5-10)20-14(17-18-19-20)12-8-11(15)2-3-13(12)16/h2-3,8-10H,4-7,16H2,1H3. The molecule has 1 aliphatic heterocycles. The highest BCUT2D eigenvalue weighted by molar-refractivity contribution is 6.31. The minimum atomic E-state index is 0.192. The molecule has 3 rings (SSSR count). The van der Waals surface area contributed by atoms with Crippen molar-refractivity contribution in [1.82, 2.24) is 20.2 Å². The van der Waals surface area contributed by atoms with Crippen molar-refractivity contribution in [3.8, 4) is 11.4 Å². The average molecular weight is 308 g/mol. The molecule has 6 nitrogen and oxygen atoms in total. The van der Waals surface area contributed by atoms with Crippen molar-refractivity contribution in [2.45, 2.75) is 25.8 Å². The highest BCUT2D eigenvalue weighted by Gasteiger charge is 2.25. The second-order valence-electron chi connectivity index (χ2n) is 5.37. The Balaban J connectivity index is 1.94. The van der Waals surface area contributed by atoms with Gasteiger partial charge >= 0.3 is 0 Å². The van der Waals surface area contributed by atoms with Crippen LogP contribution in [0, 0.1) is 5.92 Å². The summed E-state index contributed by atoms with van der Waals surface area (Å²) in [6.45, 7) is 3.73. The van der Waals surface area contributed by atoms with Crippen molar-refractivity contribution < 1.29 is 4.74 Å². The van der Waals surface area contributed by atoms with Gasteiger partial charge in [-0.15, -0.1) is 5.10 Å². The van der Waals surface area contributed by atoms with Crippen LogP contribution in [0.3, 0.4) is 0 Å². The van der Waals surface area contributed by atoms with Crippen LogP contribution in [-0.4, -0.2) is 33.4 Å². The first kappa shape index (κ1) is 14.3. The molecule has 2 heterocycles. The monoisotopic (exact) mass is 307 g/mol. The quantitative estimate of drug-likeness (QED) is 0.882. The fourth-order valence-corrected chi connectivity index (χ4v) is 2.94. The molecule has 1 aliphatic rings. The van der Waals surface area contributed by atoms with Gasteiger partial charge in [-0.1, -0.05) is 11.6 Å². The van der Waals surface area contributed by atoms with Crippen LogP contribution in [0.2, 0.25) is 5.02 Å². The summed E-state index contributed by atoms with van der Waals surface area (Å²) in [6, 6.07) is 5.53. The van der Waals surface area contributed by atoms with E-state index in [4.69, 9.17) is 22.1 Å². The van der Waals surface area contributed by atoms with E-state index in [2.05, 4.69) is 22.4 Å². The van der Waals surface area contributed by atoms with Crippen LogP contribution in [0.15, 0.2) is 18.2 Å². The lowest BCUT2D eigenvalue weighted by atomic mass is 9.93. The molecule has 112 valence electrons. The molecular formula is C14H18ClN5O. The molecule has 1 fully saturated rings. The summed E-state index contributed by atoms with van der Waals surface area (Å²) in [5, 5.41) is 12.7. The number of ether oxygens (including phenoxy) is 1. The van der Waals surface area contributed by atoms with E-state index in [0.717, 1.165) is 31.6 Å². The molecule has 2 aromatic rings. The second-order valence-corrected chi connectivity index (χ2v) is 5.81. The molecule has 1 aromatic carbocycles. The number of nitrogens with two attached hydrogens (primary N) is 1. The lowest BCUT2D eigenvalue weighted by Gasteiger charge is -2.28. The maximum atomic E-state index is 6.06. The zero-order valence-corrected chi connectivity index (χ0v) is 12.6. The lowest BCUT2D eigenvalue weighted by molar-refractivity contribution is 0.0495. The number of rotatable bonds is 3. The molecular weight excluding hydrogens is 290 g/mol. The van der Waals surface area contributed by atoms with E-state index in [9.17, 15) is 0 Å². The Hall–Kier alpha value is -1.66. The SMILES string of the molecule is CC(C1CCOCC1)n1nnnc1-c1cc(Cl)ccc1N. The first-order chi connectivity index (χ1) is 10.2. The van der Waals surface area contributed by atoms with Crippen LogP contribution < -0.4 is 5.73 Å². The fraction of sp³-hybridized carbons (Fsp3) is 0.500. The Kier molecular flexibility index (Phi) is 4.07. The summed E-state index contributed by atoms with van der Waals surface area (Å²) >= 11 is 6.06. The van der Waals surface area contributed by atoms with Crippen molar-refractivity contribution in [3.05, 3.63) is 23.2 Å². The van der Waals surface area contributed by atoms with Crippen LogP contribution in [0.5, 0.6) is 0 Å². The minimum absolute atomic E-state index is 0.192. The van der Waals surface area contributed by atoms with Gasteiger partial charge < -0.3 is 10.5 Å². The summed E-state index contributed by atoms with van der Waals surface area (Å²) in [6.07, 6.45) is 2.04. The van der Waals surface area contributed by atoms with E-state index in [0.29, 0.717) is 22.5 Å². The number of halogens is 1. The fourth-order valence-electron chi connectivity index (χ4n) is 2.77. The highest BCUT2D eigenvalue weighted by Crippen LogP contribution is 2.32. The maximum absolute atomic E-state index is 6.06. The van der Waals surface area contributed by atoms with Crippen molar-refractivity contribution in [3.63, 3.8) is 0 Å². The summed E-state index contributed by atoms with van der Waals surface area (Å²) in [5.41, 5.74) is 7.43. The van der Waals surface area contributed by atoms with Crippen LogP contribution in [0.25, 0.3) is 11.4 Å². The largest absolute Gasteiger partial charge is 0.398 e. The van der Waals surface area contributed by atoms with Crippen molar-refractivity contribution in [2.75, 3.05) is 18.9 Å². The predicted octanol–water partition coefficient (Wildman–Crippen LogP) is 2.56. The smallest absolute Gasteiger partial charge is 0.184 e. The predicted molar refractivity (Wildman–Crippen MR) is 80.9 cm³/mol. The first-order valence-corrected chi connectivity index (χ1v) is 7.45. The van der Waals surface area contributed by atoms with E-state index in [1.807, 2.05) is 4.68 Å². The third-order valence-corrected chi connectivity index (χ3v) is 4.32. The molecule has 0 radical (unpaired) electrons. The number of nitrogens with zero attached hydrogens (tertiary/aromatic N) is 4. The Labute approximate surface area is 128 Å². The zero-order chi connectivity index (χ0) is 14.8. The molecule has 1 unspecified atom stereocenters. The van der Waals surface area contributed by atoms with Gasteiger partial charge in [0.15, 0.2) is 5.82 Å². The van der Waals surface area contributed by atoms with E-state index < -0.39 is 0 Å². The van der Waals surface area contributed by atoms with Crippen molar-refractivity contribution >= 4 is 17.3 Å². The van der Waals surface area contributed by atoms with Gasteiger partial charge in [0.05, 0.1) is 6.04 Å². The molecule has 1 atom stereocenters.